The molecule has 0 radical (unpaired) electrons. The van der Waals surface area contributed by atoms with Crippen LogP contribution in [0.4, 0.5) is 0 Å². The maximum Gasteiger partial charge on any atom is 0.332 e. The summed E-state index contributed by atoms with van der Waals surface area (Å²) in [5.41, 5.74) is 0. The van der Waals surface area contributed by atoms with E-state index < -0.39 is 12.1 Å². The lowest BCUT2D eigenvalue weighted by Crippen LogP contribution is -2.20. The fourth-order valence-corrected chi connectivity index (χ4v) is 1.19. The van der Waals surface area contributed by atoms with E-state index in [2.05, 4.69) is 0 Å². The second-order valence-corrected chi connectivity index (χ2v) is 2.57. The van der Waals surface area contributed by atoms with Crippen LogP contribution in [-0.4, -0.2) is 23.3 Å². The van der Waals surface area contributed by atoms with Crippen molar-refractivity contribution in [1.82, 2.24) is 0 Å². The highest BCUT2D eigenvalue weighted by atomic mass is 16.5. The molecule has 3 nitrogen and oxygen atoms in total. The van der Waals surface area contributed by atoms with Crippen LogP contribution in [0.3, 0.4) is 0 Å². The third-order valence-electron chi connectivity index (χ3n) is 1.84. The molecule has 0 bridgehead atoms. The van der Waals surface area contributed by atoms with Crippen molar-refractivity contribution in [2.75, 3.05) is 0 Å². The van der Waals surface area contributed by atoms with Crippen molar-refractivity contribution < 1.29 is 14.6 Å². The predicted octanol–water partition coefficient (Wildman–Crippen LogP) is 1.03. The van der Waals surface area contributed by atoms with Crippen LogP contribution in [0.25, 0.3) is 0 Å². The maximum atomic E-state index is 10.3. The Hall–Kier alpha value is -0.570. The summed E-state index contributed by atoms with van der Waals surface area (Å²) in [6.45, 7) is 2.01. The Balaban J connectivity index is 2.35. The summed E-state index contributed by atoms with van der Waals surface area (Å²) in [6.07, 6.45) is 2.14. The Morgan fingerprint density at radius 1 is 1.70 bits per heavy atom. The molecule has 0 unspecified atom stereocenters. The average Bonchev–Trinajstić information content (AvgIpc) is 2.34. The number of hydrogen-bond acceptors (Lipinski definition) is 2. The highest BCUT2D eigenvalue weighted by Gasteiger charge is 2.28. The van der Waals surface area contributed by atoms with E-state index in [0.717, 1.165) is 12.8 Å². The largest absolute Gasteiger partial charge is 0.479 e. The van der Waals surface area contributed by atoms with Crippen molar-refractivity contribution in [1.29, 1.82) is 0 Å². The summed E-state index contributed by atoms with van der Waals surface area (Å²) in [5, 5.41) is 8.50. The Morgan fingerprint density at radius 3 is 2.70 bits per heavy atom. The van der Waals surface area contributed by atoms with Gasteiger partial charge in [-0.25, -0.2) is 4.79 Å². The first kappa shape index (κ1) is 7.54. The van der Waals surface area contributed by atoms with Crippen LogP contribution in [0.5, 0.6) is 0 Å². The first-order chi connectivity index (χ1) is 4.74. The Kier molecular flexibility index (Phi) is 2.27. The number of rotatable bonds is 2. The summed E-state index contributed by atoms with van der Waals surface area (Å²) in [5.74, 6) is -0.823. The minimum absolute atomic E-state index is 0.182. The molecule has 58 valence electrons. The van der Waals surface area contributed by atoms with Gasteiger partial charge in [0.2, 0.25) is 0 Å². The van der Waals surface area contributed by atoms with E-state index in [4.69, 9.17) is 9.84 Å². The van der Waals surface area contributed by atoms with Gasteiger partial charge < -0.3 is 9.84 Å². The smallest absolute Gasteiger partial charge is 0.332 e. The van der Waals surface area contributed by atoms with Crippen molar-refractivity contribution in [2.24, 2.45) is 0 Å². The van der Waals surface area contributed by atoms with E-state index in [1.807, 2.05) is 6.92 Å². The van der Waals surface area contributed by atoms with Crippen LogP contribution in [0.1, 0.15) is 26.2 Å². The van der Waals surface area contributed by atoms with E-state index in [1.54, 1.807) is 0 Å². The molecule has 0 aromatic rings. The highest BCUT2D eigenvalue weighted by Crippen LogP contribution is 2.21. The lowest BCUT2D eigenvalue weighted by molar-refractivity contribution is -0.149. The van der Waals surface area contributed by atoms with Gasteiger partial charge in [0, 0.05) is 0 Å². The molecule has 1 N–H and O–H groups in total. The number of carboxylic acids is 1. The summed E-state index contributed by atoms with van der Waals surface area (Å²) in [7, 11) is 0. The van der Waals surface area contributed by atoms with Gasteiger partial charge in [-0.1, -0.05) is 6.92 Å². The van der Waals surface area contributed by atoms with E-state index in [-0.39, 0.29) is 6.10 Å². The second kappa shape index (κ2) is 3.01. The van der Waals surface area contributed by atoms with Gasteiger partial charge in [0.05, 0.1) is 6.10 Å². The van der Waals surface area contributed by atoms with Gasteiger partial charge in [0.15, 0.2) is 6.10 Å². The molecule has 1 rings (SSSR count). The van der Waals surface area contributed by atoms with Crippen LogP contribution in [-0.2, 0) is 9.53 Å². The quantitative estimate of drug-likeness (QED) is 0.629. The van der Waals surface area contributed by atoms with Crippen molar-refractivity contribution in [3.05, 3.63) is 0 Å². The third-order valence-corrected chi connectivity index (χ3v) is 1.84. The molecular formula is C7H12O3. The van der Waals surface area contributed by atoms with Crippen LogP contribution in [0, 0.1) is 0 Å². The van der Waals surface area contributed by atoms with Gasteiger partial charge in [-0.2, -0.15) is 0 Å². The van der Waals surface area contributed by atoms with Crippen LogP contribution < -0.4 is 0 Å². The minimum atomic E-state index is -0.823. The number of carbonyl (C=O) groups is 1. The van der Waals surface area contributed by atoms with E-state index in [9.17, 15) is 4.79 Å². The molecule has 2 atom stereocenters. The minimum Gasteiger partial charge on any atom is -0.479 e. The summed E-state index contributed by atoms with van der Waals surface area (Å²) in [6, 6.07) is 0. The first-order valence-corrected chi connectivity index (χ1v) is 3.62. The van der Waals surface area contributed by atoms with Gasteiger partial charge >= 0.3 is 5.97 Å². The highest BCUT2D eigenvalue weighted by molar-refractivity contribution is 5.72. The van der Waals surface area contributed by atoms with Crippen LogP contribution in [0.15, 0.2) is 0 Å². The monoisotopic (exact) mass is 144 g/mol. The average molecular weight is 144 g/mol. The number of aliphatic carboxylic acids is 1. The SMILES string of the molecule is CC[C@@H]1CC[C@@H](C(=O)O)O1. The van der Waals surface area contributed by atoms with Crippen LogP contribution in [0.2, 0.25) is 0 Å². The summed E-state index contributed by atoms with van der Waals surface area (Å²) in [4.78, 5) is 10.3. The molecule has 0 saturated carbocycles. The van der Waals surface area contributed by atoms with Gasteiger partial charge in [-0.05, 0) is 19.3 Å². The second-order valence-electron chi connectivity index (χ2n) is 2.57. The van der Waals surface area contributed by atoms with E-state index in [0.29, 0.717) is 6.42 Å². The Bertz CT molecular complexity index is 133. The zero-order chi connectivity index (χ0) is 7.56. The molecule has 1 fully saturated rings. The lowest BCUT2D eigenvalue weighted by atomic mass is 10.2. The summed E-state index contributed by atoms with van der Waals surface area (Å²) < 4.78 is 5.17. The van der Waals surface area contributed by atoms with Crippen molar-refractivity contribution in [2.45, 2.75) is 38.4 Å². The lowest BCUT2D eigenvalue weighted by Gasteiger charge is -2.06. The normalized spacial score (nSPS) is 32.5. The van der Waals surface area contributed by atoms with Gasteiger partial charge in [0.25, 0.3) is 0 Å². The van der Waals surface area contributed by atoms with Crippen molar-refractivity contribution in [3.63, 3.8) is 0 Å². The predicted molar refractivity (Wildman–Crippen MR) is 35.8 cm³/mol. The molecule has 1 aliphatic rings. The standard InChI is InChI=1S/C7H12O3/c1-2-5-3-4-6(10-5)7(8)9/h5-6H,2-4H2,1H3,(H,8,9)/t5-,6+/m1/s1. The molecule has 0 aliphatic carbocycles. The fraction of sp³-hybridized carbons (Fsp3) is 0.857. The van der Waals surface area contributed by atoms with Crippen molar-refractivity contribution >= 4 is 5.97 Å². The topological polar surface area (TPSA) is 46.5 Å². The molecular weight excluding hydrogens is 132 g/mol. The zero-order valence-electron chi connectivity index (χ0n) is 6.04. The molecule has 3 heteroatoms. The molecule has 1 heterocycles. The molecule has 1 saturated heterocycles. The van der Waals surface area contributed by atoms with Crippen LogP contribution >= 0.6 is 0 Å². The van der Waals surface area contributed by atoms with E-state index in [1.165, 1.54) is 0 Å². The maximum absolute atomic E-state index is 10.3. The molecule has 0 aromatic carbocycles. The van der Waals surface area contributed by atoms with Crippen molar-refractivity contribution in [3.8, 4) is 0 Å². The zero-order valence-corrected chi connectivity index (χ0v) is 6.04. The molecule has 0 amide bonds. The number of carboxylic acid groups (broad SMARTS) is 1. The summed E-state index contributed by atoms with van der Waals surface area (Å²) >= 11 is 0. The fourth-order valence-electron chi connectivity index (χ4n) is 1.19. The third kappa shape index (κ3) is 1.48. The Morgan fingerprint density at radius 2 is 2.40 bits per heavy atom. The van der Waals surface area contributed by atoms with Gasteiger partial charge in [-0.3, -0.25) is 0 Å². The molecule has 0 aromatic heterocycles. The molecule has 10 heavy (non-hydrogen) atoms. The number of ether oxygens (including phenoxy) is 1. The van der Waals surface area contributed by atoms with E-state index >= 15 is 0 Å². The Labute approximate surface area is 60.0 Å². The first-order valence-electron chi connectivity index (χ1n) is 3.62. The van der Waals surface area contributed by atoms with Gasteiger partial charge in [0.1, 0.15) is 0 Å². The number of hydrogen-bond donors (Lipinski definition) is 1. The molecule has 0 spiro atoms. The van der Waals surface area contributed by atoms with Gasteiger partial charge in [-0.15, -0.1) is 0 Å². The molecule has 1 aliphatic heterocycles.